The van der Waals surface area contributed by atoms with E-state index in [1.54, 1.807) is 0 Å². The van der Waals surface area contributed by atoms with E-state index >= 15 is 0 Å². The zero-order valence-electron chi connectivity index (χ0n) is 21.8. The maximum atomic E-state index is 14.9. The van der Waals surface area contributed by atoms with Gasteiger partial charge in [-0.25, -0.2) is 17.2 Å². The molecule has 0 saturated heterocycles. The summed E-state index contributed by atoms with van der Waals surface area (Å²) in [4.78, 5) is 13.0. The van der Waals surface area contributed by atoms with Crippen LogP contribution in [0.5, 0.6) is 0 Å². The van der Waals surface area contributed by atoms with Crippen LogP contribution in [0.3, 0.4) is 0 Å². The van der Waals surface area contributed by atoms with Gasteiger partial charge in [-0.2, -0.15) is 26.3 Å². The standard InChI is InChI=1S/C28H27F8NO3S/c1-15(16-2-3-16)37-24(38)21-12-13-25(41(39,40)20-8-6-19(29)7-9-20)22-11-5-18(14-17(22)4-10-23(21)25)26(30,27(31,32)33)28(34,35)36/h5-9,11,14-16,21,23H,2-4,10,12-13H2,1H3,(H,37,38)/t15-,21+,23-,25+/m0/s1. The molecule has 3 aliphatic carbocycles. The van der Waals surface area contributed by atoms with Gasteiger partial charge in [-0.1, -0.05) is 18.2 Å². The fourth-order valence-electron chi connectivity index (χ4n) is 6.74. The van der Waals surface area contributed by atoms with Crippen molar-refractivity contribution in [1.29, 1.82) is 0 Å². The predicted octanol–water partition coefficient (Wildman–Crippen LogP) is 6.67. The van der Waals surface area contributed by atoms with E-state index in [9.17, 15) is 48.3 Å². The lowest BCUT2D eigenvalue weighted by molar-refractivity contribution is -0.348. The molecule has 0 bridgehead atoms. The van der Waals surface area contributed by atoms with Crippen molar-refractivity contribution in [2.45, 2.75) is 79.2 Å². The van der Waals surface area contributed by atoms with Gasteiger partial charge in [0.1, 0.15) is 10.6 Å². The van der Waals surface area contributed by atoms with Crippen molar-refractivity contribution in [1.82, 2.24) is 5.32 Å². The number of fused-ring (bicyclic) bond motifs is 3. The monoisotopic (exact) mass is 609 g/mol. The Kier molecular flexibility index (Phi) is 7.02. The highest BCUT2D eigenvalue weighted by atomic mass is 32.2. The van der Waals surface area contributed by atoms with Gasteiger partial charge in [-0.3, -0.25) is 4.79 Å². The first-order valence-corrected chi connectivity index (χ1v) is 14.7. The zero-order chi connectivity index (χ0) is 30.2. The summed E-state index contributed by atoms with van der Waals surface area (Å²) in [5.74, 6) is -2.46. The van der Waals surface area contributed by atoms with Crippen LogP contribution in [0.25, 0.3) is 0 Å². The molecule has 5 rings (SSSR count). The zero-order valence-corrected chi connectivity index (χ0v) is 22.6. The van der Waals surface area contributed by atoms with E-state index in [1.165, 1.54) is 0 Å². The van der Waals surface area contributed by atoms with Gasteiger partial charge in [0, 0.05) is 17.5 Å². The van der Waals surface area contributed by atoms with Crippen molar-refractivity contribution in [3.63, 3.8) is 0 Å². The van der Waals surface area contributed by atoms with Crippen molar-refractivity contribution >= 4 is 15.7 Å². The summed E-state index contributed by atoms with van der Waals surface area (Å²) < 4.78 is 136. The van der Waals surface area contributed by atoms with Crippen LogP contribution in [0.4, 0.5) is 35.1 Å². The van der Waals surface area contributed by atoms with Crippen molar-refractivity contribution in [3.05, 3.63) is 65.0 Å². The molecule has 41 heavy (non-hydrogen) atoms. The number of carbonyl (C=O) groups is 1. The first-order chi connectivity index (χ1) is 18.9. The molecule has 0 radical (unpaired) electrons. The second-order valence-electron chi connectivity index (χ2n) is 11.3. The summed E-state index contributed by atoms with van der Waals surface area (Å²) in [7, 11) is -4.48. The smallest absolute Gasteiger partial charge is 0.353 e. The third-order valence-electron chi connectivity index (χ3n) is 9.02. The maximum absolute atomic E-state index is 14.9. The molecule has 0 heterocycles. The Morgan fingerprint density at radius 1 is 0.927 bits per heavy atom. The van der Waals surface area contributed by atoms with Crippen LogP contribution < -0.4 is 5.32 Å². The quantitative estimate of drug-likeness (QED) is 0.294. The Morgan fingerprint density at radius 3 is 2.10 bits per heavy atom. The number of amides is 1. The number of rotatable bonds is 6. The number of benzene rings is 2. The maximum Gasteiger partial charge on any atom is 0.435 e. The molecule has 0 aromatic heterocycles. The van der Waals surface area contributed by atoms with Crippen LogP contribution in [-0.4, -0.2) is 32.7 Å². The molecule has 2 aromatic carbocycles. The number of hydrogen-bond donors (Lipinski definition) is 1. The van der Waals surface area contributed by atoms with Crippen molar-refractivity contribution in [2.75, 3.05) is 0 Å². The molecule has 4 atom stereocenters. The summed E-state index contributed by atoms with van der Waals surface area (Å²) in [6.45, 7) is 1.84. The minimum atomic E-state index is -6.33. The van der Waals surface area contributed by atoms with Gasteiger partial charge in [-0.05, 0) is 92.7 Å². The molecular formula is C28H27F8NO3S. The van der Waals surface area contributed by atoms with Crippen LogP contribution in [0.2, 0.25) is 0 Å². The first-order valence-electron chi connectivity index (χ1n) is 13.2. The Morgan fingerprint density at radius 2 is 1.54 bits per heavy atom. The molecule has 0 spiro atoms. The third-order valence-corrected chi connectivity index (χ3v) is 11.6. The molecule has 1 amide bonds. The average Bonchev–Trinajstić information content (AvgIpc) is 3.66. The number of hydrogen-bond acceptors (Lipinski definition) is 3. The fraction of sp³-hybridized carbons (Fsp3) is 0.536. The van der Waals surface area contributed by atoms with Crippen LogP contribution in [-0.2, 0) is 31.5 Å². The molecule has 0 aliphatic heterocycles. The topological polar surface area (TPSA) is 63.2 Å². The Labute approximate surface area is 231 Å². The Hall–Kier alpha value is -2.70. The average molecular weight is 610 g/mol. The molecule has 2 aromatic rings. The number of nitrogens with one attached hydrogen (secondary N) is 1. The van der Waals surface area contributed by atoms with Crippen LogP contribution in [0, 0.1) is 23.6 Å². The molecular weight excluding hydrogens is 582 g/mol. The highest BCUT2D eigenvalue weighted by molar-refractivity contribution is 7.92. The van der Waals surface area contributed by atoms with Gasteiger partial charge in [0.05, 0.1) is 4.90 Å². The van der Waals surface area contributed by atoms with Gasteiger partial charge in [0.2, 0.25) is 5.91 Å². The second-order valence-corrected chi connectivity index (χ2v) is 13.5. The highest BCUT2D eigenvalue weighted by Crippen LogP contribution is 2.60. The van der Waals surface area contributed by atoms with E-state index in [4.69, 9.17) is 0 Å². The lowest BCUT2D eigenvalue weighted by atomic mass is 9.72. The van der Waals surface area contributed by atoms with E-state index in [-0.39, 0.29) is 53.7 Å². The fourth-order valence-corrected chi connectivity index (χ4v) is 9.21. The van der Waals surface area contributed by atoms with Gasteiger partial charge < -0.3 is 5.32 Å². The minimum absolute atomic E-state index is 0.0515. The predicted molar refractivity (Wildman–Crippen MR) is 131 cm³/mol. The van der Waals surface area contributed by atoms with Gasteiger partial charge >= 0.3 is 18.0 Å². The molecule has 2 saturated carbocycles. The molecule has 3 aliphatic rings. The summed E-state index contributed by atoms with van der Waals surface area (Å²) in [5, 5.41) is 2.94. The van der Waals surface area contributed by atoms with Crippen molar-refractivity contribution in [2.24, 2.45) is 17.8 Å². The van der Waals surface area contributed by atoms with Crippen LogP contribution in [0.1, 0.15) is 55.7 Å². The van der Waals surface area contributed by atoms with Gasteiger partial charge in [0.15, 0.2) is 9.84 Å². The summed E-state index contributed by atoms with van der Waals surface area (Å²) in [5.41, 5.74) is -7.62. The first kappa shape index (κ1) is 29.8. The SMILES string of the molecule is C[C@H](NC(=O)[C@@H]1CC[C@@]2(S(=O)(=O)c3ccc(F)cc3)c3ccc(C(F)(C(F)(F)F)C(F)(F)F)cc3CC[C@@H]12)C1CC1. The van der Waals surface area contributed by atoms with E-state index in [0.717, 1.165) is 43.2 Å². The van der Waals surface area contributed by atoms with E-state index in [2.05, 4.69) is 5.32 Å². The van der Waals surface area contributed by atoms with Crippen LogP contribution >= 0.6 is 0 Å². The Balaban J connectivity index is 1.65. The molecule has 4 nitrogen and oxygen atoms in total. The van der Waals surface area contributed by atoms with Gasteiger partial charge in [0.25, 0.3) is 0 Å². The molecule has 1 N–H and O–H groups in total. The van der Waals surface area contributed by atoms with E-state index < -0.39 is 55.8 Å². The minimum Gasteiger partial charge on any atom is -0.353 e. The van der Waals surface area contributed by atoms with Crippen molar-refractivity contribution in [3.8, 4) is 0 Å². The van der Waals surface area contributed by atoms with Crippen molar-refractivity contribution < 1.29 is 48.3 Å². The Bertz CT molecular complexity index is 1440. The normalized spacial score (nSPS) is 25.8. The van der Waals surface area contributed by atoms with E-state index in [0.29, 0.717) is 18.1 Å². The second kappa shape index (κ2) is 9.67. The molecule has 13 heteroatoms. The number of aryl methyl sites for hydroxylation is 1. The van der Waals surface area contributed by atoms with E-state index in [1.807, 2.05) is 6.92 Å². The summed E-state index contributed by atoms with van der Waals surface area (Å²) in [6.07, 6.45) is -11.0. The molecule has 224 valence electrons. The largest absolute Gasteiger partial charge is 0.435 e. The number of halogens is 8. The number of alkyl halides is 7. The molecule has 0 unspecified atom stereocenters. The summed E-state index contributed by atoms with van der Waals surface area (Å²) in [6, 6.07) is 5.34. The number of carbonyl (C=O) groups excluding carboxylic acids is 1. The summed E-state index contributed by atoms with van der Waals surface area (Å²) >= 11 is 0. The molecule has 2 fully saturated rings. The number of sulfone groups is 1. The third kappa shape index (κ3) is 4.53. The lowest BCUT2D eigenvalue weighted by Gasteiger charge is -2.42. The van der Waals surface area contributed by atoms with Crippen LogP contribution in [0.15, 0.2) is 47.4 Å². The highest BCUT2D eigenvalue weighted by Gasteiger charge is 2.74. The lowest BCUT2D eigenvalue weighted by Crippen LogP contribution is -2.51. The van der Waals surface area contributed by atoms with Gasteiger partial charge in [-0.15, -0.1) is 0 Å².